The Bertz CT molecular complexity index is 999. The lowest BCUT2D eigenvalue weighted by Crippen LogP contribution is -2.06. The zero-order chi connectivity index (χ0) is 18.5. The van der Waals surface area contributed by atoms with Gasteiger partial charge in [0.1, 0.15) is 12.3 Å². The van der Waals surface area contributed by atoms with Crippen LogP contribution in [0.5, 0.6) is 5.88 Å². The van der Waals surface area contributed by atoms with Crippen LogP contribution in [0.4, 0.5) is 0 Å². The molecule has 3 aromatic heterocycles. The van der Waals surface area contributed by atoms with Crippen LogP contribution in [0.25, 0.3) is 28.2 Å². The largest absolute Gasteiger partial charge is 0.476 e. The summed E-state index contributed by atoms with van der Waals surface area (Å²) in [4.78, 5) is 22.7. The Balaban J connectivity index is 1.85. The molecule has 130 valence electrons. The van der Waals surface area contributed by atoms with Gasteiger partial charge in [0, 0.05) is 52.8 Å². The highest BCUT2D eigenvalue weighted by atomic mass is 16.5. The molecule has 0 aromatic carbocycles. The van der Waals surface area contributed by atoms with Gasteiger partial charge in [-0.15, -0.1) is 0 Å². The van der Waals surface area contributed by atoms with E-state index in [-0.39, 0.29) is 5.92 Å². The highest BCUT2D eigenvalue weighted by molar-refractivity contribution is 5.95. The maximum absolute atomic E-state index is 10.9. The summed E-state index contributed by atoms with van der Waals surface area (Å²) in [5.74, 6) is -0.228. The molecule has 3 heterocycles. The van der Waals surface area contributed by atoms with Crippen molar-refractivity contribution in [3.05, 3.63) is 48.4 Å². The number of nitrogens with two attached hydrogens (primary N) is 1. The highest BCUT2D eigenvalue weighted by Crippen LogP contribution is 2.26. The number of carbonyl (C=O) groups excluding carboxylic acids is 1. The van der Waals surface area contributed by atoms with Crippen molar-refractivity contribution in [1.29, 1.82) is 5.26 Å². The van der Waals surface area contributed by atoms with E-state index in [0.717, 1.165) is 27.7 Å². The summed E-state index contributed by atoms with van der Waals surface area (Å²) in [6.07, 6.45) is 8.17. The first-order valence-corrected chi connectivity index (χ1v) is 8.00. The smallest absolute Gasteiger partial charge is 0.241 e. The van der Waals surface area contributed by atoms with Gasteiger partial charge in [-0.1, -0.05) is 0 Å². The van der Waals surface area contributed by atoms with Crippen molar-refractivity contribution >= 4 is 23.0 Å². The molecule has 1 atom stereocenters. The Morgan fingerprint density at radius 1 is 1.38 bits per heavy atom. The second-order valence-corrected chi connectivity index (χ2v) is 5.83. The summed E-state index contributed by atoms with van der Waals surface area (Å²) < 4.78 is 5.47. The van der Waals surface area contributed by atoms with Crippen LogP contribution >= 0.6 is 0 Å². The molecule has 7 heteroatoms. The molecule has 0 saturated heterocycles. The van der Waals surface area contributed by atoms with Gasteiger partial charge in [0.05, 0.1) is 12.0 Å². The average Bonchev–Trinajstić information content (AvgIpc) is 3.07. The number of hydrogen-bond acceptors (Lipinski definition) is 5. The van der Waals surface area contributed by atoms with Crippen LogP contribution in [-0.2, 0) is 4.79 Å². The summed E-state index contributed by atoms with van der Waals surface area (Å²) in [7, 11) is 0. The van der Waals surface area contributed by atoms with Gasteiger partial charge in [-0.2, -0.15) is 5.26 Å². The van der Waals surface area contributed by atoms with Gasteiger partial charge in [-0.25, -0.2) is 9.97 Å². The number of nitrogens with zero attached hydrogens (tertiary/aromatic N) is 3. The Morgan fingerprint density at radius 2 is 2.19 bits per heavy atom. The van der Waals surface area contributed by atoms with Crippen LogP contribution in [0.1, 0.15) is 12.5 Å². The minimum atomic E-state index is -0.506. The zero-order valence-corrected chi connectivity index (χ0v) is 14.1. The van der Waals surface area contributed by atoms with Crippen molar-refractivity contribution in [3.63, 3.8) is 0 Å². The molecule has 0 saturated carbocycles. The maximum Gasteiger partial charge on any atom is 0.241 e. The summed E-state index contributed by atoms with van der Waals surface area (Å²) in [6, 6.07) is 7.72. The molecule has 0 aliphatic rings. The van der Waals surface area contributed by atoms with Crippen LogP contribution in [0.15, 0.2) is 42.9 Å². The van der Waals surface area contributed by atoms with E-state index < -0.39 is 5.91 Å². The van der Waals surface area contributed by atoms with Crippen LogP contribution in [-0.4, -0.2) is 27.5 Å². The standard InChI is InChI=1S/C19H17N5O2/c1-12(7-20)11-26-18-5-3-13(8-22-18)15-6-16-14(2-4-17(21)25)9-23-19(16)24-10-15/h2-6,8-10,12H,11H2,1H3,(H2,21,25)(H,23,24). The van der Waals surface area contributed by atoms with Crippen LogP contribution in [0, 0.1) is 17.2 Å². The molecule has 0 aliphatic heterocycles. The number of H-pyrrole nitrogens is 1. The summed E-state index contributed by atoms with van der Waals surface area (Å²) in [6.45, 7) is 2.09. The number of pyridine rings is 2. The normalized spacial score (nSPS) is 12.2. The Labute approximate surface area is 150 Å². The first-order chi connectivity index (χ1) is 12.6. The topological polar surface area (TPSA) is 118 Å². The second-order valence-electron chi connectivity index (χ2n) is 5.83. The fourth-order valence-electron chi connectivity index (χ4n) is 2.38. The third-order valence-electron chi connectivity index (χ3n) is 3.76. The average molecular weight is 347 g/mol. The van der Waals surface area contributed by atoms with Crippen LogP contribution < -0.4 is 10.5 Å². The van der Waals surface area contributed by atoms with Gasteiger partial charge in [0.15, 0.2) is 0 Å². The summed E-state index contributed by atoms with van der Waals surface area (Å²) >= 11 is 0. The van der Waals surface area contributed by atoms with E-state index in [1.165, 1.54) is 6.08 Å². The maximum atomic E-state index is 10.9. The SMILES string of the molecule is CC(C#N)COc1ccc(-c2cnc3[nH]cc(C=CC(N)=O)c3c2)cn1. The lowest BCUT2D eigenvalue weighted by molar-refractivity contribution is -0.113. The molecule has 3 N–H and O–H groups in total. The van der Waals surface area contributed by atoms with E-state index in [4.69, 9.17) is 15.7 Å². The molecule has 1 unspecified atom stereocenters. The van der Waals surface area contributed by atoms with Gasteiger partial charge in [-0.05, 0) is 25.1 Å². The van der Waals surface area contributed by atoms with E-state index >= 15 is 0 Å². The number of hydrogen-bond donors (Lipinski definition) is 2. The van der Waals surface area contributed by atoms with E-state index in [1.807, 2.05) is 12.1 Å². The number of fused-ring (bicyclic) bond motifs is 1. The Kier molecular flexibility index (Phi) is 4.94. The third-order valence-corrected chi connectivity index (χ3v) is 3.76. The van der Waals surface area contributed by atoms with Gasteiger partial charge < -0.3 is 15.5 Å². The number of amides is 1. The fraction of sp³-hybridized carbons (Fsp3) is 0.158. The van der Waals surface area contributed by atoms with Gasteiger partial charge in [0.25, 0.3) is 0 Å². The van der Waals surface area contributed by atoms with Crippen LogP contribution in [0.2, 0.25) is 0 Å². The van der Waals surface area contributed by atoms with E-state index in [2.05, 4.69) is 21.0 Å². The predicted molar refractivity (Wildman–Crippen MR) is 97.8 cm³/mol. The van der Waals surface area contributed by atoms with Crippen molar-refractivity contribution in [2.45, 2.75) is 6.92 Å². The molecule has 0 radical (unpaired) electrons. The van der Waals surface area contributed by atoms with Gasteiger partial charge in [-0.3, -0.25) is 4.79 Å². The number of aromatic amines is 1. The molecule has 0 spiro atoms. The Morgan fingerprint density at radius 3 is 2.88 bits per heavy atom. The molecular formula is C19H17N5O2. The quantitative estimate of drug-likeness (QED) is 0.665. The van der Waals surface area contributed by atoms with Crippen molar-refractivity contribution in [1.82, 2.24) is 15.0 Å². The first-order valence-electron chi connectivity index (χ1n) is 8.00. The lowest BCUT2D eigenvalue weighted by atomic mass is 10.1. The molecule has 1 amide bonds. The number of aromatic nitrogens is 3. The Hall–Kier alpha value is -3.66. The number of nitrogens with one attached hydrogen (secondary N) is 1. The predicted octanol–water partition coefficient (Wildman–Crippen LogP) is 2.66. The van der Waals surface area contributed by atoms with Gasteiger partial charge >= 0.3 is 0 Å². The second kappa shape index (κ2) is 7.49. The molecule has 26 heavy (non-hydrogen) atoms. The number of ether oxygens (including phenoxy) is 1. The third kappa shape index (κ3) is 3.87. The monoisotopic (exact) mass is 347 g/mol. The summed E-state index contributed by atoms with van der Waals surface area (Å²) in [5.41, 5.74) is 8.46. The highest BCUT2D eigenvalue weighted by Gasteiger charge is 2.07. The molecule has 3 rings (SSSR count). The van der Waals surface area contributed by atoms with Crippen LogP contribution in [0.3, 0.4) is 0 Å². The first kappa shape index (κ1) is 17.2. The molecule has 7 nitrogen and oxygen atoms in total. The van der Waals surface area contributed by atoms with Gasteiger partial charge in [0.2, 0.25) is 11.8 Å². The lowest BCUT2D eigenvalue weighted by Gasteiger charge is -2.07. The van der Waals surface area contributed by atoms with Crippen molar-refractivity contribution in [3.8, 4) is 23.1 Å². The van der Waals surface area contributed by atoms with E-state index in [9.17, 15) is 4.79 Å². The molecule has 0 fully saturated rings. The fourth-order valence-corrected chi connectivity index (χ4v) is 2.38. The zero-order valence-electron chi connectivity index (χ0n) is 14.1. The minimum absolute atomic E-state index is 0.191. The number of nitriles is 1. The van der Waals surface area contributed by atoms with E-state index in [0.29, 0.717) is 12.5 Å². The molecule has 0 aliphatic carbocycles. The molecule has 3 aromatic rings. The van der Waals surface area contributed by atoms with E-state index in [1.54, 1.807) is 37.7 Å². The number of carbonyl (C=O) groups is 1. The molecule has 0 bridgehead atoms. The minimum Gasteiger partial charge on any atom is -0.476 e. The van der Waals surface area contributed by atoms with Crippen molar-refractivity contribution in [2.75, 3.05) is 6.61 Å². The van der Waals surface area contributed by atoms with Crippen molar-refractivity contribution < 1.29 is 9.53 Å². The number of primary amides is 1. The van der Waals surface area contributed by atoms with Crippen molar-refractivity contribution in [2.24, 2.45) is 11.7 Å². The number of rotatable bonds is 6. The molecular weight excluding hydrogens is 330 g/mol. The summed E-state index contributed by atoms with van der Waals surface area (Å²) in [5, 5.41) is 9.65.